The number of ether oxygens (including phenoxy) is 2. The Balaban J connectivity index is 2.28. The molecule has 1 saturated heterocycles. The number of hydrogen-bond acceptors (Lipinski definition) is 2. The van der Waals surface area contributed by atoms with Crippen LogP contribution in [0.15, 0.2) is 18.2 Å². The van der Waals surface area contributed by atoms with Crippen LogP contribution in [0.2, 0.25) is 0 Å². The minimum atomic E-state index is -0.266. The van der Waals surface area contributed by atoms with Crippen LogP contribution >= 0.6 is 0 Å². The quantitative estimate of drug-likeness (QED) is 0.794. The molecule has 2 rings (SSSR count). The zero-order valence-electron chi connectivity index (χ0n) is 11.3. The Morgan fingerprint density at radius 1 is 1.22 bits per heavy atom. The van der Waals surface area contributed by atoms with Gasteiger partial charge in [-0.05, 0) is 57.7 Å². The number of rotatable bonds is 2. The summed E-state index contributed by atoms with van der Waals surface area (Å²) in [5.74, 6) is 0.945. The Hall–Kier alpha value is -1.09. The van der Waals surface area contributed by atoms with Crippen molar-refractivity contribution in [1.82, 2.24) is 0 Å². The monoisotopic (exact) mass is 252 g/mol. The van der Waals surface area contributed by atoms with E-state index in [1.54, 1.807) is 12.1 Å². The molecule has 100 valence electrons. The van der Waals surface area contributed by atoms with Crippen LogP contribution in [0.5, 0.6) is 5.75 Å². The fourth-order valence-electron chi connectivity index (χ4n) is 2.27. The van der Waals surface area contributed by atoms with Crippen molar-refractivity contribution in [2.45, 2.75) is 45.1 Å². The van der Waals surface area contributed by atoms with Crippen molar-refractivity contribution in [1.29, 1.82) is 0 Å². The molecule has 1 aromatic carbocycles. The molecule has 0 aromatic heterocycles. The van der Waals surface area contributed by atoms with E-state index in [0.717, 1.165) is 37.4 Å². The lowest BCUT2D eigenvalue weighted by Crippen LogP contribution is -2.24. The van der Waals surface area contributed by atoms with Crippen LogP contribution in [0, 0.1) is 5.82 Å². The SMILES string of the molecule is CC(C)(C)Oc1ccc(F)cc1C1CCOCC1. The van der Waals surface area contributed by atoms with E-state index >= 15 is 0 Å². The third-order valence-corrected chi connectivity index (χ3v) is 3.05. The van der Waals surface area contributed by atoms with Crippen molar-refractivity contribution < 1.29 is 13.9 Å². The Labute approximate surface area is 108 Å². The van der Waals surface area contributed by atoms with Crippen molar-refractivity contribution in [2.24, 2.45) is 0 Å². The van der Waals surface area contributed by atoms with Gasteiger partial charge in [0.05, 0.1) is 0 Å². The molecule has 0 amide bonds. The summed E-state index contributed by atoms with van der Waals surface area (Å²) < 4.78 is 24.7. The van der Waals surface area contributed by atoms with Crippen LogP contribution in [-0.2, 0) is 4.74 Å². The van der Waals surface area contributed by atoms with Crippen molar-refractivity contribution in [2.75, 3.05) is 13.2 Å². The highest BCUT2D eigenvalue weighted by molar-refractivity contribution is 5.37. The summed E-state index contributed by atoms with van der Waals surface area (Å²) in [4.78, 5) is 0. The molecule has 1 aliphatic heterocycles. The lowest BCUT2D eigenvalue weighted by molar-refractivity contribution is 0.0821. The topological polar surface area (TPSA) is 18.5 Å². The summed E-state index contributed by atoms with van der Waals surface area (Å²) in [6, 6.07) is 4.81. The second-order valence-electron chi connectivity index (χ2n) is 5.78. The normalized spacial score (nSPS) is 17.8. The maximum Gasteiger partial charge on any atom is 0.123 e. The van der Waals surface area contributed by atoms with Crippen LogP contribution in [0.25, 0.3) is 0 Å². The summed E-state index contributed by atoms with van der Waals surface area (Å²) >= 11 is 0. The maximum absolute atomic E-state index is 13.4. The third-order valence-electron chi connectivity index (χ3n) is 3.05. The minimum absolute atomic E-state index is 0.197. The first-order valence-corrected chi connectivity index (χ1v) is 6.52. The first-order chi connectivity index (χ1) is 8.46. The molecule has 0 saturated carbocycles. The van der Waals surface area contributed by atoms with E-state index in [4.69, 9.17) is 9.47 Å². The minimum Gasteiger partial charge on any atom is -0.488 e. The van der Waals surface area contributed by atoms with E-state index in [1.807, 2.05) is 20.8 Å². The smallest absolute Gasteiger partial charge is 0.123 e. The highest BCUT2D eigenvalue weighted by Crippen LogP contribution is 2.35. The van der Waals surface area contributed by atoms with Gasteiger partial charge in [-0.25, -0.2) is 4.39 Å². The number of halogens is 1. The van der Waals surface area contributed by atoms with E-state index in [-0.39, 0.29) is 11.4 Å². The molecule has 0 bridgehead atoms. The molecule has 0 N–H and O–H groups in total. The van der Waals surface area contributed by atoms with E-state index < -0.39 is 0 Å². The predicted molar refractivity (Wildman–Crippen MR) is 69.6 cm³/mol. The Kier molecular flexibility index (Phi) is 3.91. The summed E-state index contributed by atoms with van der Waals surface area (Å²) in [7, 11) is 0. The summed E-state index contributed by atoms with van der Waals surface area (Å²) in [5.41, 5.74) is 0.714. The standard InChI is InChI=1S/C15H21FO2/c1-15(2,3)18-14-5-4-12(16)10-13(14)11-6-8-17-9-7-11/h4-5,10-11H,6-9H2,1-3H3. The zero-order chi connectivity index (χ0) is 13.2. The average molecular weight is 252 g/mol. The fraction of sp³-hybridized carbons (Fsp3) is 0.600. The van der Waals surface area contributed by atoms with E-state index in [0.29, 0.717) is 5.92 Å². The molecule has 1 aliphatic rings. The maximum atomic E-state index is 13.4. The Morgan fingerprint density at radius 2 is 1.89 bits per heavy atom. The van der Waals surface area contributed by atoms with Gasteiger partial charge in [0.1, 0.15) is 17.2 Å². The zero-order valence-corrected chi connectivity index (χ0v) is 11.3. The molecule has 3 heteroatoms. The largest absolute Gasteiger partial charge is 0.488 e. The Morgan fingerprint density at radius 3 is 2.50 bits per heavy atom. The van der Waals surface area contributed by atoms with Crippen molar-refractivity contribution in [3.8, 4) is 5.75 Å². The third kappa shape index (κ3) is 3.45. The second-order valence-corrected chi connectivity index (χ2v) is 5.78. The lowest BCUT2D eigenvalue weighted by atomic mass is 9.91. The molecule has 18 heavy (non-hydrogen) atoms. The molecule has 1 aromatic rings. The van der Waals surface area contributed by atoms with Gasteiger partial charge in [-0.3, -0.25) is 0 Å². The van der Waals surface area contributed by atoms with Gasteiger partial charge in [-0.1, -0.05) is 0 Å². The van der Waals surface area contributed by atoms with Gasteiger partial charge in [0, 0.05) is 18.8 Å². The molecule has 0 unspecified atom stereocenters. The average Bonchev–Trinajstić information content (AvgIpc) is 2.31. The van der Waals surface area contributed by atoms with Gasteiger partial charge in [0.15, 0.2) is 0 Å². The highest BCUT2D eigenvalue weighted by Gasteiger charge is 2.22. The molecule has 1 fully saturated rings. The van der Waals surface area contributed by atoms with E-state index in [1.165, 1.54) is 6.07 Å². The molecular weight excluding hydrogens is 231 g/mol. The van der Waals surface area contributed by atoms with Gasteiger partial charge in [-0.2, -0.15) is 0 Å². The lowest BCUT2D eigenvalue weighted by Gasteiger charge is -2.28. The van der Waals surface area contributed by atoms with Gasteiger partial charge in [0.25, 0.3) is 0 Å². The molecule has 0 aliphatic carbocycles. The molecular formula is C15H21FO2. The van der Waals surface area contributed by atoms with Gasteiger partial charge < -0.3 is 9.47 Å². The Bertz CT molecular complexity index is 403. The van der Waals surface area contributed by atoms with Gasteiger partial charge in [0.2, 0.25) is 0 Å². The fourth-order valence-corrected chi connectivity index (χ4v) is 2.27. The first kappa shape index (κ1) is 13.3. The number of hydrogen-bond donors (Lipinski definition) is 0. The van der Waals surface area contributed by atoms with E-state index in [9.17, 15) is 4.39 Å². The highest BCUT2D eigenvalue weighted by atomic mass is 19.1. The van der Waals surface area contributed by atoms with Crippen molar-refractivity contribution in [3.05, 3.63) is 29.6 Å². The molecule has 0 radical (unpaired) electrons. The van der Waals surface area contributed by atoms with Crippen LogP contribution in [0.3, 0.4) is 0 Å². The van der Waals surface area contributed by atoms with Gasteiger partial charge >= 0.3 is 0 Å². The van der Waals surface area contributed by atoms with Crippen LogP contribution in [0.4, 0.5) is 4.39 Å². The first-order valence-electron chi connectivity index (χ1n) is 6.52. The summed E-state index contributed by atoms with van der Waals surface area (Å²) in [6.07, 6.45) is 1.87. The molecule has 0 atom stereocenters. The van der Waals surface area contributed by atoms with Crippen molar-refractivity contribution in [3.63, 3.8) is 0 Å². The van der Waals surface area contributed by atoms with Crippen LogP contribution in [0.1, 0.15) is 45.1 Å². The predicted octanol–water partition coefficient (Wildman–Crippen LogP) is 3.90. The van der Waals surface area contributed by atoms with Crippen molar-refractivity contribution >= 4 is 0 Å². The molecule has 1 heterocycles. The van der Waals surface area contributed by atoms with Gasteiger partial charge in [-0.15, -0.1) is 0 Å². The molecule has 2 nitrogen and oxygen atoms in total. The summed E-state index contributed by atoms with van der Waals surface area (Å²) in [6.45, 7) is 7.50. The number of benzene rings is 1. The van der Waals surface area contributed by atoms with E-state index in [2.05, 4.69) is 0 Å². The second kappa shape index (κ2) is 5.27. The summed E-state index contributed by atoms with van der Waals surface area (Å²) in [5, 5.41) is 0. The molecule has 0 spiro atoms. The van der Waals surface area contributed by atoms with Crippen LogP contribution in [-0.4, -0.2) is 18.8 Å². The van der Waals surface area contributed by atoms with Crippen LogP contribution < -0.4 is 4.74 Å².